The normalized spacial score (nSPS) is 12.1. The van der Waals surface area contributed by atoms with Crippen molar-refractivity contribution in [2.75, 3.05) is 4.43 Å². The number of alkyl halides is 1. The smallest absolute Gasteiger partial charge is 0.220 e. The van der Waals surface area contributed by atoms with Crippen molar-refractivity contribution in [1.29, 1.82) is 0 Å². The van der Waals surface area contributed by atoms with Crippen molar-refractivity contribution in [2.45, 2.75) is 51.5 Å². The van der Waals surface area contributed by atoms with Crippen molar-refractivity contribution >= 4 is 28.5 Å². The van der Waals surface area contributed by atoms with Crippen molar-refractivity contribution in [3.63, 3.8) is 0 Å². The van der Waals surface area contributed by atoms with Gasteiger partial charge in [0.2, 0.25) is 5.91 Å². The van der Waals surface area contributed by atoms with Gasteiger partial charge in [-0.15, -0.1) is 0 Å². The second-order valence-corrected chi connectivity index (χ2v) is 5.78. The summed E-state index contributed by atoms with van der Waals surface area (Å²) in [6.07, 6.45) is 5.99. The molecule has 1 aromatic carbocycles. The van der Waals surface area contributed by atoms with Crippen LogP contribution in [-0.4, -0.2) is 16.4 Å². The number of rotatable bonds is 9. The van der Waals surface area contributed by atoms with Crippen LogP contribution in [0.2, 0.25) is 0 Å². The van der Waals surface area contributed by atoms with E-state index in [-0.39, 0.29) is 5.91 Å². The van der Waals surface area contributed by atoms with Gasteiger partial charge >= 0.3 is 0 Å². The van der Waals surface area contributed by atoms with Gasteiger partial charge in [-0.2, -0.15) is 0 Å². The zero-order valence-electron chi connectivity index (χ0n) is 11.7. The second-order valence-electron chi connectivity index (χ2n) is 4.90. The highest BCUT2D eigenvalue weighted by Crippen LogP contribution is 2.07. The Hall–Kier alpha value is -0.580. The molecule has 1 aromatic rings. The summed E-state index contributed by atoms with van der Waals surface area (Å²) in [6.45, 7) is 2.16. The van der Waals surface area contributed by atoms with Gasteiger partial charge in [0.15, 0.2) is 0 Å². The minimum atomic E-state index is 0.211. The number of unbranched alkanes of at least 4 members (excludes halogenated alkanes) is 1. The maximum atomic E-state index is 11.8. The fourth-order valence-corrected chi connectivity index (χ4v) is 2.76. The third-order valence-corrected chi connectivity index (χ3v) is 4.21. The summed E-state index contributed by atoms with van der Waals surface area (Å²) in [7, 11) is 0. The van der Waals surface area contributed by atoms with Crippen LogP contribution in [-0.2, 0) is 11.2 Å². The largest absolute Gasteiger partial charge is 0.353 e. The highest BCUT2D eigenvalue weighted by Gasteiger charge is 2.09. The van der Waals surface area contributed by atoms with Crippen LogP contribution in [0, 0.1) is 0 Å². The van der Waals surface area contributed by atoms with Crippen LogP contribution in [0.1, 0.15) is 44.6 Å². The lowest BCUT2D eigenvalue weighted by Gasteiger charge is -2.15. The molecule has 0 bridgehead atoms. The lowest BCUT2D eigenvalue weighted by atomic mass is 10.1. The number of halogens is 1. The molecule has 0 aliphatic rings. The average Bonchev–Trinajstić information content (AvgIpc) is 2.44. The molecule has 106 valence electrons. The third kappa shape index (κ3) is 7.55. The predicted octanol–water partition coefficient (Wildman–Crippen LogP) is 4.12. The summed E-state index contributed by atoms with van der Waals surface area (Å²) in [5.74, 6) is 0.211. The van der Waals surface area contributed by atoms with Gasteiger partial charge in [-0.25, -0.2) is 0 Å². The number of benzene rings is 1. The molecule has 1 atom stereocenters. The summed E-state index contributed by atoms with van der Waals surface area (Å²) in [5, 5.41) is 3.12. The van der Waals surface area contributed by atoms with Crippen LogP contribution in [0.4, 0.5) is 0 Å². The van der Waals surface area contributed by atoms with E-state index in [4.69, 9.17) is 0 Å². The summed E-state index contributed by atoms with van der Waals surface area (Å²) < 4.78 is 1.00. The lowest BCUT2D eigenvalue weighted by Crippen LogP contribution is -2.35. The Balaban J connectivity index is 2.13. The first-order valence-electron chi connectivity index (χ1n) is 7.15. The number of hydrogen-bond donors (Lipinski definition) is 1. The van der Waals surface area contributed by atoms with Crippen molar-refractivity contribution in [3.05, 3.63) is 35.9 Å². The molecule has 1 N–H and O–H groups in total. The summed E-state index contributed by atoms with van der Waals surface area (Å²) in [5.41, 5.74) is 1.36. The molecule has 19 heavy (non-hydrogen) atoms. The molecule has 0 fully saturated rings. The van der Waals surface area contributed by atoms with E-state index in [1.807, 2.05) is 6.07 Å². The first-order chi connectivity index (χ1) is 9.26. The third-order valence-electron chi connectivity index (χ3n) is 3.15. The molecule has 0 aromatic heterocycles. The molecule has 0 saturated heterocycles. The number of nitrogens with one attached hydrogen (secondary N) is 1. The van der Waals surface area contributed by atoms with Crippen molar-refractivity contribution in [3.8, 4) is 0 Å². The Labute approximate surface area is 130 Å². The van der Waals surface area contributed by atoms with Crippen molar-refractivity contribution in [2.24, 2.45) is 0 Å². The fourth-order valence-electron chi connectivity index (χ4n) is 2.10. The molecule has 1 rings (SSSR count). The lowest BCUT2D eigenvalue weighted by molar-refractivity contribution is -0.121. The monoisotopic (exact) mass is 373 g/mol. The average molecular weight is 373 g/mol. The minimum absolute atomic E-state index is 0.211. The van der Waals surface area contributed by atoms with Crippen LogP contribution in [0.5, 0.6) is 0 Å². The Kier molecular flexibility index (Phi) is 8.88. The standard InChI is InChI=1S/C16H24INO/c1-2-8-15(13-17)18-16(19)12-7-6-11-14-9-4-3-5-10-14/h3-5,9-10,15H,2,6-8,11-13H2,1H3,(H,18,19). The van der Waals surface area contributed by atoms with Crippen LogP contribution >= 0.6 is 22.6 Å². The molecule has 0 radical (unpaired) electrons. The van der Waals surface area contributed by atoms with E-state index in [2.05, 4.69) is 59.1 Å². The van der Waals surface area contributed by atoms with Gasteiger partial charge < -0.3 is 5.32 Å². The van der Waals surface area contributed by atoms with Gasteiger partial charge in [0.25, 0.3) is 0 Å². The van der Waals surface area contributed by atoms with E-state index in [1.165, 1.54) is 5.56 Å². The number of carbonyl (C=O) groups is 1. The molecular formula is C16H24INO. The van der Waals surface area contributed by atoms with E-state index in [0.29, 0.717) is 12.5 Å². The number of hydrogen-bond acceptors (Lipinski definition) is 1. The van der Waals surface area contributed by atoms with Gasteiger partial charge in [0, 0.05) is 16.9 Å². The molecule has 1 unspecified atom stereocenters. The molecule has 0 aliphatic carbocycles. The Morgan fingerprint density at radius 1 is 1.26 bits per heavy atom. The molecule has 0 spiro atoms. The van der Waals surface area contributed by atoms with Crippen LogP contribution in [0.15, 0.2) is 30.3 Å². The Morgan fingerprint density at radius 3 is 2.63 bits per heavy atom. The topological polar surface area (TPSA) is 29.1 Å². The Morgan fingerprint density at radius 2 is 2.00 bits per heavy atom. The van der Waals surface area contributed by atoms with Gasteiger partial charge in [-0.3, -0.25) is 4.79 Å². The molecule has 3 heteroatoms. The fraction of sp³-hybridized carbons (Fsp3) is 0.562. The van der Waals surface area contributed by atoms with Crippen LogP contribution < -0.4 is 5.32 Å². The van der Waals surface area contributed by atoms with Gasteiger partial charge in [0.05, 0.1) is 0 Å². The summed E-state index contributed by atoms with van der Waals surface area (Å²) >= 11 is 2.34. The van der Waals surface area contributed by atoms with E-state index < -0.39 is 0 Å². The van der Waals surface area contributed by atoms with Gasteiger partial charge in [-0.05, 0) is 31.2 Å². The van der Waals surface area contributed by atoms with Gasteiger partial charge in [-0.1, -0.05) is 66.3 Å². The molecule has 0 heterocycles. The van der Waals surface area contributed by atoms with Crippen molar-refractivity contribution in [1.82, 2.24) is 5.32 Å². The first kappa shape index (κ1) is 16.5. The van der Waals surface area contributed by atoms with Gasteiger partial charge in [0.1, 0.15) is 0 Å². The van der Waals surface area contributed by atoms with Crippen LogP contribution in [0.25, 0.3) is 0 Å². The van der Waals surface area contributed by atoms with E-state index >= 15 is 0 Å². The quantitative estimate of drug-likeness (QED) is 0.394. The van der Waals surface area contributed by atoms with Crippen LogP contribution in [0.3, 0.4) is 0 Å². The maximum absolute atomic E-state index is 11.8. The maximum Gasteiger partial charge on any atom is 0.220 e. The SMILES string of the molecule is CCCC(CI)NC(=O)CCCCc1ccccc1. The van der Waals surface area contributed by atoms with E-state index in [1.54, 1.807) is 0 Å². The molecule has 2 nitrogen and oxygen atoms in total. The highest BCUT2D eigenvalue weighted by atomic mass is 127. The summed E-state index contributed by atoms with van der Waals surface area (Å²) in [6, 6.07) is 10.8. The second kappa shape index (κ2) is 10.2. The highest BCUT2D eigenvalue weighted by molar-refractivity contribution is 14.1. The predicted molar refractivity (Wildman–Crippen MR) is 89.7 cm³/mol. The number of aryl methyl sites for hydroxylation is 1. The first-order valence-corrected chi connectivity index (χ1v) is 8.68. The molecular weight excluding hydrogens is 349 g/mol. The summed E-state index contributed by atoms with van der Waals surface area (Å²) in [4.78, 5) is 11.8. The molecule has 0 saturated carbocycles. The molecule has 1 amide bonds. The van der Waals surface area contributed by atoms with Crippen molar-refractivity contribution < 1.29 is 4.79 Å². The number of carbonyl (C=O) groups excluding carboxylic acids is 1. The zero-order valence-corrected chi connectivity index (χ0v) is 13.9. The van der Waals surface area contributed by atoms with E-state index in [0.717, 1.165) is 36.5 Å². The zero-order chi connectivity index (χ0) is 13.9. The number of amides is 1. The molecule has 0 aliphatic heterocycles. The Bertz CT molecular complexity index is 353. The van der Waals surface area contributed by atoms with E-state index in [9.17, 15) is 4.79 Å². The minimum Gasteiger partial charge on any atom is -0.353 e.